The lowest BCUT2D eigenvalue weighted by Crippen LogP contribution is -2.25. The molecule has 104 valence electrons. The summed E-state index contributed by atoms with van der Waals surface area (Å²) in [6, 6.07) is 13.9. The van der Waals surface area contributed by atoms with Crippen molar-refractivity contribution in [2.24, 2.45) is 0 Å². The highest BCUT2D eigenvalue weighted by atomic mass is 16.5. The molecule has 0 saturated carbocycles. The molecular weight excluding hydrogens is 250 g/mol. The second-order valence-electron chi connectivity index (χ2n) is 5.30. The molecule has 0 saturated heterocycles. The van der Waals surface area contributed by atoms with E-state index in [1.165, 1.54) is 11.1 Å². The first kappa shape index (κ1) is 13.0. The number of benzene rings is 2. The SMILES string of the molecule is Cc1ccc(O)c(CN2CCOc3ccccc3C2)c1. The number of hydrogen-bond donors (Lipinski definition) is 1. The van der Waals surface area contributed by atoms with Gasteiger partial charge < -0.3 is 9.84 Å². The van der Waals surface area contributed by atoms with E-state index in [9.17, 15) is 5.11 Å². The standard InChI is InChI=1S/C17H19NO2/c1-13-6-7-16(19)15(10-13)12-18-8-9-20-17-5-3-2-4-14(17)11-18/h2-7,10,19H,8-9,11-12H2,1H3. The Kier molecular flexibility index (Phi) is 3.61. The van der Waals surface area contributed by atoms with E-state index in [0.29, 0.717) is 12.4 Å². The third-order valence-electron chi connectivity index (χ3n) is 3.66. The van der Waals surface area contributed by atoms with Crippen LogP contribution in [0.4, 0.5) is 0 Å². The number of nitrogens with zero attached hydrogens (tertiary/aromatic N) is 1. The second kappa shape index (κ2) is 5.55. The van der Waals surface area contributed by atoms with Gasteiger partial charge in [0.1, 0.15) is 18.1 Å². The molecule has 3 nitrogen and oxygen atoms in total. The Balaban J connectivity index is 1.80. The van der Waals surface area contributed by atoms with Gasteiger partial charge in [0.2, 0.25) is 0 Å². The molecule has 2 aromatic carbocycles. The fraction of sp³-hybridized carbons (Fsp3) is 0.294. The van der Waals surface area contributed by atoms with Crippen LogP contribution in [0, 0.1) is 6.92 Å². The van der Waals surface area contributed by atoms with Crippen molar-refractivity contribution in [2.75, 3.05) is 13.2 Å². The number of fused-ring (bicyclic) bond motifs is 1. The zero-order valence-electron chi connectivity index (χ0n) is 11.7. The highest BCUT2D eigenvalue weighted by molar-refractivity contribution is 5.37. The maximum Gasteiger partial charge on any atom is 0.123 e. The summed E-state index contributed by atoms with van der Waals surface area (Å²) in [6.07, 6.45) is 0. The minimum absolute atomic E-state index is 0.369. The van der Waals surface area contributed by atoms with Crippen LogP contribution in [-0.2, 0) is 13.1 Å². The number of hydrogen-bond acceptors (Lipinski definition) is 3. The highest BCUT2D eigenvalue weighted by Gasteiger charge is 2.16. The van der Waals surface area contributed by atoms with Gasteiger partial charge in [-0.2, -0.15) is 0 Å². The summed E-state index contributed by atoms with van der Waals surface area (Å²) in [6.45, 7) is 5.18. The van der Waals surface area contributed by atoms with Gasteiger partial charge >= 0.3 is 0 Å². The molecule has 0 aliphatic carbocycles. The normalized spacial score (nSPS) is 15.2. The van der Waals surface area contributed by atoms with Crippen LogP contribution >= 0.6 is 0 Å². The zero-order chi connectivity index (χ0) is 13.9. The number of ether oxygens (including phenoxy) is 1. The molecule has 1 aliphatic heterocycles. The molecule has 0 spiro atoms. The topological polar surface area (TPSA) is 32.7 Å². The summed E-state index contributed by atoms with van der Waals surface area (Å²) in [5.41, 5.74) is 3.35. The van der Waals surface area contributed by atoms with Gasteiger partial charge in [-0.05, 0) is 19.1 Å². The van der Waals surface area contributed by atoms with Crippen LogP contribution in [0.15, 0.2) is 42.5 Å². The van der Waals surface area contributed by atoms with E-state index in [-0.39, 0.29) is 0 Å². The summed E-state index contributed by atoms with van der Waals surface area (Å²) in [7, 11) is 0. The summed E-state index contributed by atoms with van der Waals surface area (Å²) < 4.78 is 5.77. The molecule has 1 aliphatic rings. The van der Waals surface area contributed by atoms with Crippen LogP contribution in [0.5, 0.6) is 11.5 Å². The quantitative estimate of drug-likeness (QED) is 0.909. The van der Waals surface area contributed by atoms with Crippen molar-refractivity contribution in [3.63, 3.8) is 0 Å². The molecule has 0 unspecified atom stereocenters. The molecule has 20 heavy (non-hydrogen) atoms. The third kappa shape index (κ3) is 2.78. The molecule has 0 aromatic heterocycles. The number of aryl methyl sites for hydroxylation is 1. The van der Waals surface area contributed by atoms with E-state index in [4.69, 9.17) is 4.74 Å². The van der Waals surface area contributed by atoms with Crippen molar-refractivity contribution in [3.8, 4) is 11.5 Å². The van der Waals surface area contributed by atoms with Crippen molar-refractivity contribution in [1.29, 1.82) is 0 Å². The van der Waals surface area contributed by atoms with Gasteiger partial charge in [-0.25, -0.2) is 0 Å². The van der Waals surface area contributed by atoms with E-state index < -0.39 is 0 Å². The highest BCUT2D eigenvalue weighted by Crippen LogP contribution is 2.25. The molecule has 1 heterocycles. The Morgan fingerprint density at radius 2 is 2.05 bits per heavy atom. The van der Waals surface area contributed by atoms with Crippen LogP contribution in [0.2, 0.25) is 0 Å². The maximum atomic E-state index is 9.97. The van der Waals surface area contributed by atoms with Gasteiger partial charge in [0, 0.05) is 30.8 Å². The predicted octanol–water partition coefficient (Wildman–Crippen LogP) is 3.10. The fourth-order valence-corrected chi connectivity index (χ4v) is 2.60. The number of para-hydroxylation sites is 1. The van der Waals surface area contributed by atoms with E-state index in [1.807, 2.05) is 37.3 Å². The van der Waals surface area contributed by atoms with Gasteiger partial charge in [0.15, 0.2) is 0 Å². The molecule has 1 N–H and O–H groups in total. The molecule has 2 aromatic rings. The van der Waals surface area contributed by atoms with Crippen molar-refractivity contribution >= 4 is 0 Å². The van der Waals surface area contributed by atoms with Crippen LogP contribution in [0.3, 0.4) is 0 Å². The Bertz CT molecular complexity index is 610. The Labute approximate surface area is 119 Å². The third-order valence-corrected chi connectivity index (χ3v) is 3.66. The monoisotopic (exact) mass is 269 g/mol. The zero-order valence-corrected chi connectivity index (χ0v) is 11.7. The molecule has 0 fully saturated rings. The Morgan fingerprint density at radius 1 is 1.20 bits per heavy atom. The summed E-state index contributed by atoms with van der Waals surface area (Å²) in [5.74, 6) is 1.34. The molecular formula is C17H19NO2. The van der Waals surface area contributed by atoms with Crippen molar-refractivity contribution < 1.29 is 9.84 Å². The first-order chi connectivity index (χ1) is 9.72. The molecule has 0 amide bonds. The second-order valence-corrected chi connectivity index (χ2v) is 5.30. The van der Waals surface area contributed by atoms with Crippen molar-refractivity contribution in [3.05, 3.63) is 59.2 Å². The van der Waals surface area contributed by atoms with Gasteiger partial charge in [-0.3, -0.25) is 4.90 Å². The van der Waals surface area contributed by atoms with Gasteiger partial charge in [0.05, 0.1) is 0 Å². The first-order valence-corrected chi connectivity index (χ1v) is 6.94. The number of aromatic hydroxyl groups is 1. The van der Waals surface area contributed by atoms with E-state index in [0.717, 1.165) is 30.9 Å². The van der Waals surface area contributed by atoms with E-state index >= 15 is 0 Å². The Morgan fingerprint density at radius 3 is 2.95 bits per heavy atom. The number of phenols is 1. The van der Waals surface area contributed by atoms with E-state index in [1.54, 1.807) is 6.07 Å². The van der Waals surface area contributed by atoms with Crippen LogP contribution < -0.4 is 4.74 Å². The van der Waals surface area contributed by atoms with Crippen LogP contribution in [0.1, 0.15) is 16.7 Å². The van der Waals surface area contributed by atoms with Crippen LogP contribution in [-0.4, -0.2) is 23.2 Å². The summed E-state index contributed by atoms with van der Waals surface area (Å²) in [4.78, 5) is 2.31. The average molecular weight is 269 g/mol. The predicted molar refractivity (Wildman–Crippen MR) is 78.9 cm³/mol. The van der Waals surface area contributed by atoms with Gasteiger partial charge in [-0.15, -0.1) is 0 Å². The number of rotatable bonds is 2. The number of phenolic OH excluding ortho intramolecular Hbond substituents is 1. The molecule has 0 bridgehead atoms. The smallest absolute Gasteiger partial charge is 0.123 e. The van der Waals surface area contributed by atoms with Crippen molar-refractivity contribution in [1.82, 2.24) is 4.90 Å². The first-order valence-electron chi connectivity index (χ1n) is 6.94. The largest absolute Gasteiger partial charge is 0.508 e. The van der Waals surface area contributed by atoms with Crippen LogP contribution in [0.25, 0.3) is 0 Å². The molecule has 0 atom stereocenters. The fourth-order valence-electron chi connectivity index (χ4n) is 2.60. The minimum atomic E-state index is 0.369. The lowest BCUT2D eigenvalue weighted by molar-refractivity contribution is 0.217. The lowest BCUT2D eigenvalue weighted by Gasteiger charge is -2.20. The molecule has 0 radical (unpaired) electrons. The van der Waals surface area contributed by atoms with Gasteiger partial charge in [-0.1, -0.05) is 35.9 Å². The Hall–Kier alpha value is -2.00. The summed E-state index contributed by atoms with van der Waals surface area (Å²) in [5, 5.41) is 9.97. The summed E-state index contributed by atoms with van der Waals surface area (Å²) >= 11 is 0. The van der Waals surface area contributed by atoms with Gasteiger partial charge in [0.25, 0.3) is 0 Å². The molecule has 3 rings (SSSR count). The maximum absolute atomic E-state index is 9.97. The minimum Gasteiger partial charge on any atom is -0.508 e. The molecule has 3 heteroatoms. The van der Waals surface area contributed by atoms with Crippen molar-refractivity contribution in [2.45, 2.75) is 20.0 Å². The lowest BCUT2D eigenvalue weighted by atomic mass is 10.1. The van der Waals surface area contributed by atoms with E-state index in [2.05, 4.69) is 11.0 Å². The average Bonchev–Trinajstić information content (AvgIpc) is 2.64.